The Balaban J connectivity index is 1.45. The molecule has 12 heteroatoms. The molecule has 244 valence electrons. The molecule has 5 rings (SSSR count). The van der Waals surface area contributed by atoms with Crippen molar-refractivity contribution in [3.8, 4) is 6.01 Å². The van der Waals surface area contributed by atoms with E-state index in [9.17, 15) is 24.3 Å². The summed E-state index contributed by atoms with van der Waals surface area (Å²) in [6.07, 6.45) is 6.40. The van der Waals surface area contributed by atoms with Crippen molar-refractivity contribution in [1.82, 2.24) is 25.1 Å². The van der Waals surface area contributed by atoms with E-state index in [-0.39, 0.29) is 31.3 Å². The number of nitrogens with zero attached hydrogens (tertiary/aromatic N) is 3. The zero-order valence-corrected chi connectivity index (χ0v) is 26.7. The Morgan fingerprint density at radius 2 is 1.91 bits per heavy atom. The predicted molar refractivity (Wildman–Crippen MR) is 167 cm³/mol. The van der Waals surface area contributed by atoms with Crippen LogP contribution < -0.4 is 15.4 Å². The number of carboxylic acid groups (broad SMARTS) is 1. The van der Waals surface area contributed by atoms with Crippen LogP contribution in [0.2, 0.25) is 0 Å². The molecule has 0 bridgehead atoms. The van der Waals surface area contributed by atoms with E-state index < -0.39 is 53.2 Å². The number of hydrogen-bond acceptors (Lipinski definition) is 7. The van der Waals surface area contributed by atoms with E-state index >= 15 is 0 Å². The quantitative estimate of drug-likeness (QED) is 0.416. The third kappa shape index (κ3) is 7.10. The van der Waals surface area contributed by atoms with Crippen LogP contribution in [-0.4, -0.2) is 79.3 Å². The Morgan fingerprint density at radius 1 is 1.16 bits per heavy atom. The number of alkyl carbamates (subject to hydrolysis) is 1. The van der Waals surface area contributed by atoms with E-state index in [2.05, 4.69) is 10.6 Å². The molecule has 3 N–H and O–H groups in total. The number of carbonyl (C=O) groups is 4. The van der Waals surface area contributed by atoms with Crippen LogP contribution in [0.4, 0.5) is 4.79 Å². The number of benzene rings is 1. The Kier molecular flexibility index (Phi) is 9.14. The molecule has 1 aliphatic carbocycles. The van der Waals surface area contributed by atoms with E-state index in [1.165, 1.54) is 4.90 Å². The predicted octanol–water partition coefficient (Wildman–Crippen LogP) is 4.34. The van der Waals surface area contributed by atoms with Gasteiger partial charge >= 0.3 is 12.1 Å². The SMILES string of the molecule is CC(C)n1c(O[C@@H]2C[C@H]3C(=O)N[C@]4(C(=O)O)C[C@H]4/C=C\CCCCC[C@H](NC(=O)OC(C)(C)C)C(=O)N3C2)nc2ccccc21. The van der Waals surface area contributed by atoms with Gasteiger partial charge < -0.3 is 30.1 Å². The zero-order valence-electron chi connectivity index (χ0n) is 26.7. The number of imidazole rings is 1. The standard InChI is InChI=1S/C33H45N5O7/c1-20(2)38-25-16-12-11-14-23(25)34-30(38)44-22-17-26-27(39)36-33(29(41)42)18-21(33)13-9-7-6-8-10-15-24(28(40)37(26)19-22)35-31(43)45-32(3,4)5/h9,11-14,16,20-22,24,26H,6-8,10,15,17-19H2,1-5H3,(H,35,43)(H,36,39)(H,41,42)/b13-9-/t21-,22-,24+,26+,33-/m1/s1. The number of carbonyl (C=O) groups excluding carboxylic acids is 3. The molecule has 1 aromatic heterocycles. The minimum Gasteiger partial charge on any atom is -0.479 e. The number of amides is 3. The largest absolute Gasteiger partial charge is 0.479 e. The van der Waals surface area contributed by atoms with Crippen molar-refractivity contribution in [1.29, 1.82) is 0 Å². The summed E-state index contributed by atoms with van der Waals surface area (Å²) in [7, 11) is 0. The summed E-state index contributed by atoms with van der Waals surface area (Å²) in [6, 6.07) is 6.16. The number of fused-ring (bicyclic) bond motifs is 3. The summed E-state index contributed by atoms with van der Waals surface area (Å²) >= 11 is 0. The smallest absolute Gasteiger partial charge is 0.408 e. The first kappa shape index (κ1) is 32.3. The molecule has 0 spiro atoms. The molecule has 1 saturated carbocycles. The van der Waals surface area contributed by atoms with Crippen molar-refractivity contribution in [3.63, 3.8) is 0 Å². The Labute approximate surface area is 263 Å². The van der Waals surface area contributed by atoms with Gasteiger partial charge in [-0.2, -0.15) is 4.98 Å². The van der Waals surface area contributed by atoms with Crippen LogP contribution in [0.5, 0.6) is 6.01 Å². The summed E-state index contributed by atoms with van der Waals surface area (Å²) < 4.78 is 13.9. The molecule has 1 aromatic carbocycles. The van der Waals surface area contributed by atoms with Gasteiger partial charge in [0.2, 0.25) is 11.8 Å². The van der Waals surface area contributed by atoms with Crippen LogP contribution >= 0.6 is 0 Å². The van der Waals surface area contributed by atoms with Crippen molar-refractivity contribution in [3.05, 3.63) is 36.4 Å². The Hall–Kier alpha value is -4.09. The minimum atomic E-state index is -1.42. The summed E-state index contributed by atoms with van der Waals surface area (Å²) in [5.74, 6) is -2.42. The maximum atomic E-state index is 14.2. The molecule has 3 aliphatic rings. The second kappa shape index (κ2) is 12.7. The first-order valence-electron chi connectivity index (χ1n) is 15.9. The van der Waals surface area contributed by atoms with Crippen LogP contribution in [0.1, 0.15) is 85.6 Å². The van der Waals surface area contributed by atoms with Crippen molar-refractivity contribution < 1.29 is 33.8 Å². The summed E-state index contributed by atoms with van der Waals surface area (Å²) in [6.45, 7) is 9.35. The first-order chi connectivity index (χ1) is 21.3. The fraction of sp³-hybridized carbons (Fsp3) is 0.606. The molecular formula is C33H45N5O7. The average molecular weight is 624 g/mol. The molecule has 12 nitrogen and oxygen atoms in total. The van der Waals surface area contributed by atoms with Crippen molar-refractivity contribution in [2.75, 3.05) is 6.54 Å². The highest BCUT2D eigenvalue weighted by Crippen LogP contribution is 2.45. The zero-order chi connectivity index (χ0) is 32.5. The Morgan fingerprint density at radius 3 is 2.62 bits per heavy atom. The lowest BCUT2D eigenvalue weighted by Gasteiger charge is -2.30. The van der Waals surface area contributed by atoms with E-state index in [1.54, 1.807) is 20.8 Å². The van der Waals surface area contributed by atoms with Crippen molar-refractivity contribution in [2.45, 2.75) is 115 Å². The van der Waals surface area contributed by atoms with Gasteiger partial charge in [-0.15, -0.1) is 0 Å². The van der Waals surface area contributed by atoms with Gasteiger partial charge in [-0.3, -0.25) is 14.2 Å². The summed E-state index contributed by atoms with van der Waals surface area (Å²) in [4.78, 5) is 59.4. The molecule has 45 heavy (non-hydrogen) atoms. The van der Waals surface area contributed by atoms with Gasteiger partial charge in [-0.25, -0.2) is 9.59 Å². The number of carboxylic acids is 1. The van der Waals surface area contributed by atoms with Gasteiger partial charge in [-0.05, 0) is 72.4 Å². The second-order valence-corrected chi connectivity index (χ2v) is 13.7. The normalized spacial score (nSPS) is 28.4. The number of aromatic nitrogens is 2. The molecular weight excluding hydrogens is 578 g/mol. The monoisotopic (exact) mass is 623 g/mol. The lowest BCUT2D eigenvalue weighted by molar-refractivity contribution is -0.145. The third-order valence-electron chi connectivity index (χ3n) is 8.66. The molecule has 3 heterocycles. The summed E-state index contributed by atoms with van der Waals surface area (Å²) in [5.41, 5.74) is -0.508. The number of para-hydroxylation sites is 2. The molecule has 2 aromatic rings. The maximum Gasteiger partial charge on any atom is 0.408 e. The number of hydrogen-bond donors (Lipinski definition) is 3. The molecule has 5 atom stereocenters. The van der Waals surface area contributed by atoms with Gasteiger partial charge in [0, 0.05) is 18.4 Å². The van der Waals surface area contributed by atoms with E-state index in [1.807, 2.05) is 54.8 Å². The average Bonchev–Trinajstić information content (AvgIpc) is 3.29. The number of nitrogens with one attached hydrogen (secondary N) is 2. The van der Waals surface area contributed by atoms with Crippen LogP contribution in [0.25, 0.3) is 11.0 Å². The lowest BCUT2D eigenvalue weighted by Crippen LogP contribution is -2.56. The molecule has 3 amide bonds. The second-order valence-electron chi connectivity index (χ2n) is 13.7. The van der Waals surface area contributed by atoms with Crippen LogP contribution in [-0.2, 0) is 19.1 Å². The fourth-order valence-corrected chi connectivity index (χ4v) is 6.35. The van der Waals surface area contributed by atoms with Gasteiger partial charge in [-0.1, -0.05) is 37.1 Å². The maximum absolute atomic E-state index is 14.2. The van der Waals surface area contributed by atoms with E-state index in [4.69, 9.17) is 14.5 Å². The van der Waals surface area contributed by atoms with Crippen molar-refractivity contribution in [2.24, 2.45) is 5.92 Å². The molecule has 2 fully saturated rings. The van der Waals surface area contributed by atoms with Crippen LogP contribution in [0.3, 0.4) is 0 Å². The highest BCUT2D eigenvalue weighted by molar-refractivity contribution is 5.96. The minimum absolute atomic E-state index is 0.0295. The number of allylic oxidation sites excluding steroid dienone is 1. The van der Waals surface area contributed by atoms with Crippen LogP contribution in [0.15, 0.2) is 36.4 Å². The van der Waals surface area contributed by atoms with Crippen LogP contribution in [0, 0.1) is 5.92 Å². The Bertz CT molecular complexity index is 1480. The fourth-order valence-electron chi connectivity index (χ4n) is 6.35. The number of ether oxygens (including phenoxy) is 2. The van der Waals surface area contributed by atoms with Gasteiger partial charge in [0.15, 0.2) is 0 Å². The molecule has 0 unspecified atom stereocenters. The first-order valence-corrected chi connectivity index (χ1v) is 15.9. The topological polar surface area (TPSA) is 152 Å². The highest BCUT2D eigenvalue weighted by atomic mass is 16.6. The molecule has 1 saturated heterocycles. The highest BCUT2D eigenvalue weighted by Gasteiger charge is 2.61. The third-order valence-corrected chi connectivity index (χ3v) is 8.66. The van der Waals surface area contributed by atoms with E-state index in [0.29, 0.717) is 18.9 Å². The van der Waals surface area contributed by atoms with Gasteiger partial charge in [0.25, 0.3) is 6.01 Å². The van der Waals surface area contributed by atoms with Crippen molar-refractivity contribution >= 4 is 34.9 Å². The summed E-state index contributed by atoms with van der Waals surface area (Å²) in [5, 5.41) is 15.6. The molecule has 0 radical (unpaired) electrons. The van der Waals surface area contributed by atoms with Gasteiger partial charge in [0.05, 0.1) is 17.6 Å². The number of rotatable bonds is 5. The lowest BCUT2D eigenvalue weighted by atomic mass is 10.0. The number of aliphatic carboxylic acids is 1. The molecule has 2 aliphatic heterocycles. The van der Waals surface area contributed by atoms with Gasteiger partial charge in [0.1, 0.15) is 29.3 Å². The van der Waals surface area contributed by atoms with E-state index in [0.717, 1.165) is 30.3 Å².